The van der Waals surface area contributed by atoms with Gasteiger partial charge in [-0.05, 0) is 46.7 Å². The second-order valence-corrected chi connectivity index (χ2v) is 7.06. The highest BCUT2D eigenvalue weighted by Gasteiger charge is 2.14. The lowest BCUT2D eigenvalue weighted by atomic mass is 9.87. The van der Waals surface area contributed by atoms with Crippen molar-refractivity contribution in [3.63, 3.8) is 0 Å². The van der Waals surface area contributed by atoms with Gasteiger partial charge in [0.25, 0.3) is 5.91 Å². The maximum atomic E-state index is 12.3. The number of carbonyl (C=O) groups excluding carboxylic acids is 1. The topological polar surface area (TPSA) is 29.1 Å². The van der Waals surface area contributed by atoms with E-state index >= 15 is 0 Å². The molecular formula is C20H25NO. The Balaban J connectivity index is 2.09. The summed E-state index contributed by atoms with van der Waals surface area (Å²) in [7, 11) is 0. The minimum atomic E-state index is -0.0715. The van der Waals surface area contributed by atoms with Crippen LogP contribution in [0.5, 0.6) is 0 Å². The third kappa shape index (κ3) is 3.97. The fraction of sp³-hybridized carbons (Fsp3) is 0.350. The Bertz CT molecular complexity index is 631. The highest BCUT2D eigenvalue weighted by Crippen LogP contribution is 2.22. The average molecular weight is 295 g/mol. The van der Waals surface area contributed by atoms with E-state index in [9.17, 15) is 4.79 Å². The molecule has 0 saturated heterocycles. The van der Waals surface area contributed by atoms with Gasteiger partial charge in [0.1, 0.15) is 0 Å². The van der Waals surface area contributed by atoms with Crippen molar-refractivity contribution in [3.8, 4) is 0 Å². The molecule has 116 valence electrons. The lowest BCUT2D eigenvalue weighted by Gasteiger charge is -2.19. The van der Waals surface area contributed by atoms with E-state index in [1.54, 1.807) is 0 Å². The van der Waals surface area contributed by atoms with Crippen LogP contribution in [0.3, 0.4) is 0 Å². The first kappa shape index (κ1) is 16.3. The molecule has 2 nitrogen and oxygen atoms in total. The quantitative estimate of drug-likeness (QED) is 0.811. The fourth-order valence-electron chi connectivity index (χ4n) is 2.28. The third-order valence-electron chi connectivity index (χ3n) is 3.85. The van der Waals surface area contributed by atoms with Crippen LogP contribution in [-0.2, 0) is 5.41 Å². The molecule has 0 aromatic heterocycles. The van der Waals surface area contributed by atoms with Gasteiger partial charge in [-0.2, -0.15) is 0 Å². The molecule has 1 amide bonds. The largest absolute Gasteiger partial charge is 0.322 e. The van der Waals surface area contributed by atoms with Gasteiger partial charge in [-0.25, -0.2) is 0 Å². The minimum Gasteiger partial charge on any atom is -0.322 e. The normalized spacial score (nSPS) is 11.5. The van der Waals surface area contributed by atoms with E-state index in [0.717, 1.165) is 5.69 Å². The highest BCUT2D eigenvalue weighted by atomic mass is 16.1. The van der Waals surface area contributed by atoms with Crippen LogP contribution in [-0.4, -0.2) is 5.91 Å². The van der Waals surface area contributed by atoms with Crippen molar-refractivity contribution < 1.29 is 4.79 Å². The Labute approximate surface area is 133 Å². The van der Waals surface area contributed by atoms with E-state index in [2.05, 4.69) is 52.1 Å². The molecule has 0 fully saturated rings. The van der Waals surface area contributed by atoms with Gasteiger partial charge in [-0.15, -0.1) is 0 Å². The molecule has 0 unspecified atom stereocenters. The first-order valence-corrected chi connectivity index (χ1v) is 7.79. The molecule has 0 bridgehead atoms. The van der Waals surface area contributed by atoms with Crippen LogP contribution in [0.2, 0.25) is 0 Å². The van der Waals surface area contributed by atoms with Crippen molar-refractivity contribution in [2.45, 2.75) is 46.0 Å². The summed E-state index contributed by atoms with van der Waals surface area (Å²) in [4.78, 5) is 12.3. The molecule has 0 heterocycles. The molecule has 0 aliphatic heterocycles. The zero-order valence-corrected chi connectivity index (χ0v) is 14.1. The summed E-state index contributed by atoms with van der Waals surface area (Å²) in [5.74, 6) is 0.424. The molecule has 1 N–H and O–H groups in total. The SMILES string of the molecule is CC(C)c1ccc(NC(=O)c2ccc(C(C)(C)C)cc2)cc1. The lowest BCUT2D eigenvalue weighted by molar-refractivity contribution is 0.102. The van der Waals surface area contributed by atoms with Gasteiger partial charge >= 0.3 is 0 Å². The van der Waals surface area contributed by atoms with Crippen LogP contribution in [0.1, 0.15) is 62.0 Å². The van der Waals surface area contributed by atoms with Crippen molar-refractivity contribution in [1.82, 2.24) is 0 Å². The molecule has 0 aliphatic rings. The molecule has 22 heavy (non-hydrogen) atoms. The Kier molecular flexibility index (Phi) is 4.70. The molecular weight excluding hydrogens is 270 g/mol. The number of nitrogens with one attached hydrogen (secondary N) is 1. The van der Waals surface area contributed by atoms with Gasteiger partial charge in [-0.1, -0.05) is 58.9 Å². The van der Waals surface area contributed by atoms with Gasteiger partial charge in [0, 0.05) is 11.3 Å². The summed E-state index contributed by atoms with van der Waals surface area (Å²) in [6.07, 6.45) is 0. The molecule has 0 spiro atoms. The van der Waals surface area contributed by atoms with Crippen LogP contribution >= 0.6 is 0 Å². The van der Waals surface area contributed by atoms with E-state index in [1.165, 1.54) is 11.1 Å². The second kappa shape index (κ2) is 6.35. The van der Waals surface area contributed by atoms with Crippen molar-refractivity contribution in [2.75, 3.05) is 5.32 Å². The average Bonchev–Trinajstić information content (AvgIpc) is 2.47. The van der Waals surface area contributed by atoms with E-state index in [4.69, 9.17) is 0 Å². The zero-order chi connectivity index (χ0) is 16.3. The summed E-state index contributed by atoms with van der Waals surface area (Å²) in [6.45, 7) is 10.8. The molecule has 0 radical (unpaired) electrons. The Hall–Kier alpha value is -2.09. The monoisotopic (exact) mass is 295 g/mol. The smallest absolute Gasteiger partial charge is 0.255 e. The van der Waals surface area contributed by atoms with Crippen LogP contribution in [0.15, 0.2) is 48.5 Å². The Morgan fingerprint density at radius 2 is 1.45 bits per heavy atom. The zero-order valence-electron chi connectivity index (χ0n) is 14.1. The Morgan fingerprint density at radius 3 is 1.91 bits per heavy atom. The van der Waals surface area contributed by atoms with Gasteiger partial charge in [0.2, 0.25) is 0 Å². The van der Waals surface area contributed by atoms with E-state index in [1.807, 2.05) is 36.4 Å². The number of carbonyl (C=O) groups is 1. The Morgan fingerprint density at radius 1 is 0.909 bits per heavy atom. The standard InChI is InChI=1S/C20H25NO/c1-14(2)15-8-12-18(13-9-15)21-19(22)16-6-10-17(11-7-16)20(3,4)5/h6-14H,1-5H3,(H,21,22). The number of hydrogen-bond donors (Lipinski definition) is 1. The number of amides is 1. The van der Waals surface area contributed by atoms with Gasteiger partial charge < -0.3 is 5.32 Å². The molecule has 2 aromatic carbocycles. The molecule has 0 saturated carbocycles. The van der Waals surface area contributed by atoms with Gasteiger partial charge in [-0.3, -0.25) is 4.79 Å². The predicted octanol–water partition coefficient (Wildman–Crippen LogP) is 5.36. The first-order valence-electron chi connectivity index (χ1n) is 7.79. The predicted molar refractivity (Wildman–Crippen MR) is 93.6 cm³/mol. The molecule has 2 rings (SSSR count). The number of hydrogen-bond acceptors (Lipinski definition) is 1. The highest BCUT2D eigenvalue weighted by molar-refractivity contribution is 6.04. The maximum Gasteiger partial charge on any atom is 0.255 e. The summed E-state index contributed by atoms with van der Waals surface area (Å²) in [6, 6.07) is 15.9. The van der Waals surface area contributed by atoms with Crippen molar-refractivity contribution in [3.05, 3.63) is 65.2 Å². The summed E-state index contributed by atoms with van der Waals surface area (Å²) < 4.78 is 0. The van der Waals surface area contributed by atoms with Crippen LogP contribution in [0, 0.1) is 0 Å². The van der Waals surface area contributed by atoms with Crippen LogP contribution in [0.25, 0.3) is 0 Å². The minimum absolute atomic E-state index is 0.0715. The molecule has 0 aliphatic carbocycles. The molecule has 2 heteroatoms. The third-order valence-corrected chi connectivity index (χ3v) is 3.85. The number of anilines is 1. The van der Waals surface area contributed by atoms with E-state index in [0.29, 0.717) is 11.5 Å². The lowest BCUT2D eigenvalue weighted by Crippen LogP contribution is -2.14. The van der Waals surface area contributed by atoms with Crippen LogP contribution in [0.4, 0.5) is 5.69 Å². The van der Waals surface area contributed by atoms with Crippen molar-refractivity contribution in [2.24, 2.45) is 0 Å². The number of rotatable bonds is 3. The molecule has 2 aromatic rings. The van der Waals surface area contributed by atoms with Gasteiger partial charge in [0.05, 0.1) is 0 Å². The first-order chi connectivity index (χ1) is 10.3. The summed E-state index contributed by atoms with van der Waals surface area (Å²) in [5, 5.41) is 2.94. The second-order valence-electron chi connectivity index (χ2n) is 7.06. The maximum absolute atomic E-state index is 12.3. The van der Waals surface area contributed by atoms with Crippen LogP contribution < -0.4 is 5.32 Å². The van der Waals surface area contributed by atoms with Crippen molar-refractivity contribution in [1.29, 1.82) is 0 Å². The fourth-order valence-corrected chi connectivity index (χ4v) is 2.28. The summed E-state index contributed by atoms with van der Waals surface area (Å²) >= 11 is 0. The summed E-state index contributed by atoms with van der Waals surface area (Å²) in [5.41, 5.74) is 4.11. The van der Waals surface area contributed by atoms with E-state index in [-0.39, 0.29) is 11.3 Å². The number of benzene rings is 2. The van der Waals surface area contributed by atoms with Crippen molar-refractivity contribution >= 4 is 11.6 Å². The van der Waals surface area contributed by atoms with E-state index < -0.39 is 0 Å². The molecule has 0 atom stereocenters. The van der Waals surface area contributed by atoms with Gasteiger partial charge in [0.15, 0.2) is 0 Å².